The molecule has 0 aliphatic rings. The van der Waals surface area contributed by atoms with Crippen molar-refractivity contribution in [2.75, 3.05) is 12.3 Å². The number of hydrogen-bond acceptors (Lipinski definition) is 3. The number of nitrogens with two attached hydrogens (primary N) is 1. The van der Waals surface area contributed by atoms with Gasteiger partial charge >= 0.3 is 5.97 Å². The zero-order valence-electron chi connectivity index (χ0n) is 10.4. The molecule has 2 N–H and O–H groups in total. The standard InChI is InChI=1S/C13H18FNO2/c1-4-13(3,12(16)17-5-2)9-6-7-11(15)10(14)8-9/h6-8H,4-5,15H2,1-3H3. The quantitative estimate of drug-likeness (QED) is 0.649. The van der Waals surface area contributed by atoms with Crippen LogP contribution in [0.3, 0.4) is 0 Å². The van der Waals surface area contributed by atoms with Crippen LogP contribution in [-0.2, 0) is 14.9 Å². The van der Waals surface area contributed by atoms with Crippen molar-refractivity contribution < 1.29 is 13.9 Å². The molecular weight excluding hydrogens is 221 g/mol. The fourth-order valence-corrected chi connectivity index (χ4v) is 1.63. The molecule has 0 aliphatic carbocycles. The van der Waals surface area contributed by atoms with Crippen LogP contribution in [-0.4, -0.2) is 12.6 Å². The second-order valence-electron chi connectivity index (χ2n) is 4.14. The highest BCUT2D eigenvalue weighted by Gasteiger charge is 2.35. The highest BCUT2D eigenvalue weighted by molar-refractivity contribution is 5.82. The molecule has 0 radical (unpaired) electrons. The first-order valence-electron chi connectivity index (χ1n) is 5.68. The van der Waals surface area contributed by atoms with Gasteiger partial charge in [-0.15, -0.1) is 0 Å². The Hall–Kier alpha value is -1.58. The predicted molar refractivity (Wildman–Crippen MR) is 65.1 cm³/mol. The molecule has 3 nitrogen and oxygen atoms in total. The van der Waals surface area contributed by atoms with Crippen LogP contribution in [0.15, 0.2) is 18.2 Å². The van der Waals surface area contributed by atoms with Gasteiger partial charge in [0.1, 0.15) is 5.82 Å². The highest BCUT2D eigenvalue weighted by Crippen LogP contribution is 2.30. The smallest absolute Gasteiger partial charge is 0.316 e. The van der Waals surface area contributed by atoms with Gasteiger partial charge in [0, 0.05) is 0 Å². The van der Waals surface area contributed by atoms with Gasteiger partial charge in [0.15, 0.2) is 0 Å². The van der Waals surface area contributed by atoms with Gasteiger partial charge in [0.25, 0.3) is 0 Å². The summed E-state index contributed by atoms with van der Waals surface area (Å²) in [4.78, 5) is 11.9. The minimum atomic E-state index is -0.829. The van der Waals surface area contributed by atoms with Crippen LogP contribution < -0.4 is 5.73 Å². The zero-order valence-corrected chi connectivity index (χ0v) is 10.4. The highest BCUT2D eigenvalue weighted by atomic mass is 19.1. The lowest BCUT2D eigenvalue weighted by molar-refractivity contribution is -0.149. The van der Waals surface area contributed by atoms with E-state index in [9.17, 15) is 9.18 Å². The summed E-state index contributed by atoms with van der Waals surface area (Å²) >= 11 is 0. The van der Waals surface area contributed by atoms with Crippen molar-refractivity contribution >= 4 is 11.7 Å². The number of esters is 1. The summed E-state index contributed by atoms with van der Waals surface area (Å²) < 4.78 is 18.4. The first-order valence-corrected chi connectivity index (χ1v) is 5.68. The zero-order chi connectivity index (χ0) is 13.1. The number of carbonyl (C=O) groups is 1. The van der Waals surface area contributed by atoms with E-state index in [2.05, 4.69) is 0 Å². The number of nitrogen functional groups attached to an aromatic ring is 1. The number of benzene rings is 1. The predicted octanol–water partition coefficient (Wildman–Crippen LogP) is 2.64. The van der Waals surface area contributed by atoms with Gasteiger partial charge in [-0.25, -0.2) is 4.39 Å². The van der Waals surface area contributed by atoms with Crippen LogP contribution in [0.25, 0.3) is 0 Å². The molecule has 0 aliphatic heterocycles. The first kappa shape index (κ1) is 13.5. The third-order valence-electron chi connectivity index (χ3n) is 3.07. The monoisotopic (exact) mass is 239 g/mol. The van der Waals surface area contributed by atoms with E-state index in [-0.39, 0.29) is 11.7 Å². The number of hydrogen-bond donors (Lipinski definition) is 1. The largest absolute Gasteiger partial charge is 0.465 e. The summed E-state index contributed by atoms with van der Waals surface area (Å²) in [7, 11) is 0. The third-order valence-corrected chi connectivity index (χ3v) is 3.07. The molecule has 1 rings (SSSR count). The van der Waals surface area contributed by atoms with Crippen molar-refractivity contribution in [3.8, 4) is 0 Å². The Morgan fingerprint density at radius 2 is 2.12 bits per heavy atom. The molecular formula is C13H18FNO2. The number of ether oxygens (including phenoxy) is 1. The lowest BCUT2D eigenvalue weighted by atomic mass is 9.80. The number of rotatable bonds is 4. The van der Waals surface area contributed by atoms with Crippen molar-refractivity contribution in [3.05, 3.63) is 29.6 Å². The minimum absolute atomic E-state index is 0.0797. The molecule has 1 atom stereocenters. The van der Waals surface area contributed by atoms with Crippen LogP contribution in [0, 0.1) is 5.82 Å². The molecule has 1 aromatic rings. The normalized spacial score (nSPS) is 14.1. The van der Waals surface area contributed by atoms with Crippen LogP contribution in [0.1, 0.15) is 32.8 Å². The molecule has 94 valence electrons. The van der Waals surface area contributed by atoms with Gasteiger partial charge in [-0.2, -0.15) is 0 Å². The Bertz CT molecular complexity index is 420. The average molecular weight is 239 g/mol. The third kappa shape index (κ3) is 2.57. The topological polar surface area (TPSA) is 52.3 Å². The Kier molecular flexibility index (Phi) is 4.10. The Balaban J connectivity index is 3.15. The minimum Gasteiger partial charge on any atom is -0.465 e. The second-order valence-corrected chi connectivity index (χ2v) is 4.14. The lowest BCUT2D eigenvalue weighted by Gasteiger charge is -2.26. The van der Waals surface area contributed by atoms with E-state index in [1.54, 1.807) is 19.9 Å². The number of halogens is 1. The Morgan fingerprint density at radius 3 is 2.59 bits per heavy atom. The molecule has 4 heteroatoms. The molecule has 0 amide bonds. The van der Waals surface area contributed by atoms with E-state index in [0.29, 0.717) is 18.6 Å². The maximum absolute atomic E-state index is 13.4. The molecule has 0 fully saturated rings. The molecule has 0 bridgehead atoms. The molecule has 1 aromatic carbocycles. The van der Waals surface area contributed by atoms with Crippen molar-refractivity contribution in [2.45, 2.75) is 32.6 Å². The number of anilines is 1. The summed E-state index contributed by atoms with van der Waals surface area (Å²) in [6.45, 7) is 5.67. The van der Waals surface area contributed by atoms with Crippen molar-refractivity contribution in [1.82, 2.24) is 0 Å². The number of carbonyl (C=O) groups excluding carboxylic acids is 1. The summed E-state index contributed by atoms with van der Waals surface area (Å²) in [5, 5.41) is 0. The summed E-state index contributed by atoms with van der Waals surface area (Å²) in [5.41, 5.74) is 5.26. The van der Waals surface area contributed by atoms with E-state index >= 15 is 0 Å². The molecule has 17 heavy (non-hydrogen) atoms. The Morgan fingerprint density at radius 1 is 1.47 bits per heavy atom. The fraction of sp³-hybridized carbons (Fsp3) is 0.462. The van der Waals surface area contributed by atoms with Crippen molar-refractivity contribution in [3.63, 3.8) is 0 Å². The van der Waals surface area contributed by atoms with Gasteiger partial charge in [0.2, 0.25) is 0 Å². The average Bonchev–Trinajstić information content (AvgIpc) is 2.32. The van der Waals surface area contributed by atoms with E-state index in [1.807, 2.05) is 6.92 Å². The van der Waals surface area contributed by atoms with Gasteiger partial charge in [-0.3, -0.25) is 4.79 Å². The summed E-state index contributed by atoms with van der Waals surface area (Å²) in [6.07, 6.45) is 0.537. The fourth-order valence-electron chi connectivity index (χ4n) is 1.63. The van der Waals surface area contributed by atoms with E-state index in [1.165, 1.54) is 12.1 Å². The first-order chi connectivity index (χ1) is 7.95. The van der Waals surface area contributed by atoms with Crippen LogP contribution >= 0.6 is 0 Å². The van der Waals surface area contributed by atoms with Crippen molar-refractivity contribution in [1.29, 1.82) is 0 Å². The van der Waals surface area contributed by atoms with Gasteiger partial charge in [-0.1, -0.05) is 13.0 Å². The van der Waals surface area contributed by atoms with Crippen LogP contribution in [0.5, 0.6) is 0 Å². The van der Waals surface area contributed by atoms with E-state index in [4.69, 9.17) is 10.5 Å². The summed E-state index contributed by atoms with van der Waals surface area (Å²) in [6, 6.07) is 4.44. The lowest BCUT2D eigenvalue weighted by Crippen LogP contribution is -2.34. The second kappa shape index (κ2) is 5.17. The Labute approximate surface area is 101 Å². The molecule has 0 saturated carbocycles. The maximum atomic E-state index is 13.4. The van der Waals surface area contributed by atoms with E-state index in [0.717, 1.165) is 0 Å². The maximum Gasteiger partial charge on any atom is 0.316 e. The van der Waals surface area contributed by atoms with Crippen LogP contribution in [0.4, 0.5) is 10.1 Å². The summed E-state index contributed by atoms with van der Waals surface area (Å²) in [5.74, 6) is -0.849. The molecule has 0 aromatic heterocycles. The van der Waals surface area contributed by atoms with Gasteiger partial charge < -0.3 is 10.5 Å². The molecule has 0 heterocycles. The van der Waals surface area contributed by atoms with Gasteiger partial charge in [0.05, 0.1) is 17.7 Å². The van der Waals surface area contributed by atoms with Crippen LogP contribution in [0.2, 0.25) is 0 Å². The van der Waals surface area contributed by atoms with Gasteiger partial charge in [-0.05, 0) is 38.0 Å². The molecule has 1 unspecified atom stereocenters. The molecule has 0 saturated heterocycles. The molecule has 0 spiro atoms. The van der Waals surface area contributed by atoms with E-state index < -0.39 is 11.2 Å². The van der Waals surface area contributed by atoms with Crippen molar-refractivity contribution in [2.24, 2.45) is 0 Å². The SMILES string of the molecule is CCOC(=O)C(C)(CC)c1ccc(N)c(F)c1.